The Hall–Kier alpha value is -1.22. The van der Waals surface area contributed by atoms with Crippen LogP contribution >= 0.6 is 0 Å². The number of allylic oxidation sites excluding steroid dienone is 4. The van der Waals surface area contributed by atoms with Gasteiger partial charge in [0.25, 0.3) is 0 Å². The van der Waals surface area contributed by atoms with Crippen molar-refractivity contribution in [2.24, 2.45) is 34.5 Å². The molecule has 0 bridgehead atoms. The number of aliphatic hydroxyl groups excluding tert-OH is 1. The molecule has 0 saturated heterocycles. The van der Waals surface area contributed by atoms with Crippen LogP contribution in [0, 0.1) is 34.5 Å². The summed E-state index contributed by atoms with van der Waals surface area (Å²) >= 11 is 0. The van der Waals surface area contributed by atoms with Gasteiger partial charge in [0, 0.05) is 23.2 Å². The van der Waals surface area contributed by atoms with Gasteiger partial charge in [-0.05, 0) is 49.2 Å². The fraction of sp³-hybridized carbons (Fsp3) is 0.700. The van der Waals surface area contributed by atoms with Crippen LogP contribution in [0.15, 0.2) is 23.8 Å². The zero-order valence-electron chi connectivity index (χ0n) is 14.2. The highest BCUT2D eigenvalue weighted by molar-refractivity contribution is 6.01. The first-order valence-corrected chi connectivity index (χ1v) is 8.94. The molecule has 3 nitrogen and oxygen atoms in total. The molecule has 7 atom stereocenters. The fourth-order valence-corrected chi connectivity index (χ4v) is 6.52. The highest BCUT2D eigenvalue weighted by Gasteiger charge is 2.62. The molecule has 1 N–H and O–H groups in total. The van der Waals surface area contributed by atoms with Crippen molar-refractivity contribution in [3.05, 3.63) is 23.8 Å². The normalized spacial score (nSPS) is 51.8. The monoisotopic (exact) mass is 314 g/mol. The molecule has 6 unspecified atom stereocenters. The van der Waals surface area contributed by atoms with Crippen LogP contribution in [0.2, 0.25) is 0 Å². The van der Waals surface area contributed by atoms with E-state index in [1.807, 2.05) is 6.08 Å². The number of hydrogen-bond acceptors (Lipinski definition) is 3. The second kappa shape index (κ2) is 4.66. The number of Topliss-reactive ketones (excluding diaryl/α,β-unsaturated/α-hetero) is 1. The number of carbonyl (C=O) groups is 2. The Kier molecular flexibility index (Phi) is 3.10. The molecule has 3 heteroatoms. The Balaban J connectivity index is 1.81. The molecule has 0 aliphatic heterocycles. The van der Waals surface area contributed by atoms with E-state index in [9.17, 15) is 14.7 Å². The Morgan fingerprint density at radius 2 is 2.00 bits per heavy atom. The summed E-state index contributed by atoms with van der Waals surface area (Å²) in [6, 6.07) is 0. The quantitative estimate of drug-likeness (QED) is 0.747. The predicted molar refractivity (Wildman–Crippen MR) is 87.6 cm³/mol. The lowest BCUT2D eigenvalue weighted by Crippen LogP contribution is -2.57. The number of fused-ring (bicyclic) bond motifs is 5. The maximum Gasteiger partial charge on any atom is 0.178 e. The van der Waals surface area contributed by atoms with Gasteiger partial charge in [-0.2, -0.15) is 0 Å². The average Bonchev–Trinajstić information content (AvgIpc) is 2.76. The van der Waals surface area contributed by atoms with Crippen LogP contribution in [0.25, 0.3) is 0 Å². The van der Waals surface area contributed by atoms with Gasteiger partial charge >= 0.3 is 0 Å². The fourth-order valence-electron chi connectivity index (χ4n) is 6.52. The molecule has 124 valence electrons. The molecule has 0 heterocycles. The van der Waals surface area contributed by atoms with Gasteiger partial charge in [0.2, 0.25) is 0 Å². The van der Waals surface area contributed by atoms with E-state index in [1.165, 1.54) is 5.57 Å². The van der Waals surface area contributed by atoms with E-state index in [0.29, 0.717) is 36.4 Å². The van der Waals surface area contributed by atoms with Crippen molar-refractivity contribution in [2.45, 2.75) is 52.6 Å². The molecule has 0 spiro atoms. The van der Waals surface area contributed by atoms with Crippen LogP contribution in [0.5, 0.6) is 0 Å². The summed E-state index contributed by atoms with van der Waals surface area (Å²) in [5.41, 5.74) is 0.590. The van der Waals surface area contributed by atoms with Gasteiger partial charge in [0.15, 0.2) is 5.78 Å². The highest BCUT2D eigenvalue weighted by atomic mass is 16.3. The maximum atomic E-state index is 12.5. The minimum Gasteiger partial charge on any atom is -0.393 e. The summed E-state index contributed by atoms with van der Waals surface area (Å²) in [6.45, 7) is 6.45. The first-order valence-electron chi connectivity index (χ1n) is 8.94. The van der Waals surface area contributed by atoms with Crippen LogP contribution in [-0.4, -0.2) is 22.8 Å². The van der Waals surface area contributed by atoms with Crippen molar-refractivity contribution < 1.29 is 14.7 Å². The van der Waals surface area contributed by atoms with E-state index >= 15 is 0 Å². The van der Waals surface area contributed by atoms with Gasteiger partial charge in [0.05, 0.1) is 6.10 Å². The topological polar surface area (TPSA) is 54.4 Å². The summed E-state index contributed by atoms with van der Waals surface area (Å²) in [7, 11) is 0. The van der Waals surface area contributed by atoms with E-state index in [0.717, 1.165) is 12.8 Å². The minimum absolute atomic E-state index is 0.0638. The maximum absolute atomic E-state index is 12.5. The van der Waals surface area contributed by atoms with Crippen molar-refractivity contribution in [2.75, 3.05) is 0 Å². The number of ketones is 2. The largest absolute Gasteiger partial charge is 0.393 e. The lowest BCUT2D eigenvalue weighted by atomic mass is 9.46. The molecule has 0 aromatic rings. The molecule has 0 amide bonds. The number of rotatable bonds is 0. The van der Waals surface area contributed by atoms with E-state index < -0.39 is 6.10 Å². The number of hydrogen-bond donors (Lipinski definition) is 1. The van der Waals surface area contributed by atoms with Gasteiger partial charge in [-0.3, -0.25) is 9.59 Å². The van der Waals surface area contributed by atoms with E-state index in [1.54, 1.807) is 12.2 Å². The van der Waals surface area contributed by atoms with E-state index in [-0.39, 0.29) is 22.5 Å². The van der Waals surface area contributed by atoms with Crippen LogP contribution < -0.4 is 0 Å². The van der Waals surface area contributed by atoms with Crippen molar-refractivity contribution in [1.29, 1.82) is 0 Å². The predicted octanol–water partition coefficient (Wildman–Crippen LogP) is 3.08. The van der Waals surface area contributed by atoms with Crippen LogP contribution in [-0.2, 0) is 9.59 Å². The molecule has 4 rings (SSSR count). The Morgan fingerprint density at radius 3 is 2.74 bits per heavy atom. The lowest BCUT2D eigenvalue weighted by molar-refractivity contribution is -0.144. The summed E-state index contributed by atoms with van der Waals surface area (Å²) < 4.78 is 0. The third-order valence-electron chi connectivity index (χ3n) is 7.53. The Morgan fingerprint density at radius 1 is 1.26 bits per heavy atom. The minimum atomic E-state index is -0.470. The third-order valence-corrected chi connectivity index (χ3v) is 7.53. The Bertz CT molecular complexity index is 645. The molecule has 3 saturated carbocycles. The molecule has 4 aliphatic carbocycles. The van der Waals surface area contributed by atoms with Crippen molar-refractivity contribution in [1.82, 2.24) is 0 Å². The van der Waals surface area contributed by atoms with E-state index in [4.69, 9.17) is 0 Å². The average molecular weight is 314 g/mol. The first kappa shape index (κ1) is 15.3. The lowest BCUT2D eigenvalue weighted by Gasteiger charge is -2.58. The van der Waals surface area contributed by atoms with Gasteiger partial charge in [-0.25, -0.2) is 0 Å². The second-order valence-electron chi connectivity index (χ2n) is 8.70. The zero-order valence-corrected chi connectivity index (χ0v) is 14.2. The molecule has 0 aromatic carbocycles. The molecule has 4 aliphatic rings. The van der Waals surface area contributed by atoms with Gasteiger partial charge < -0.3 is 5.11 Å². The summed E-state index contributed by atoms with van der Waals surface area (Å²) in [5, 5.41) is 11.0. The van der Waals surface area contributed by atoms with Gasteiger partial charge in [0.1, 0.15) is 5.78 Å². The van der Waals surface area contributed by atoms with Crippen LogP contribution in [0.3, 0.4) is 0 Å². The highest BCUT2D eigenvalue weighted by Crippen LogP contribution is 2.64. The molecule has 3 fully saturated rings. The molecule has 0 radical (unpaired) electrons. The Labute approximate surface area is 137 Å². The van der Waals surface area contributed by atoms with Crippen LogP contribution in [0.4, 0.5) is 0 Å². The zero-order chi connectivity index (χ0) is 16.6. The second-order valence-corrected chi connectivity index (χ2v) is 8.70. The van der Waals surface area contributed by atoms with Gasteiger partial charge in [-0.1, -0.05) is 32.4 Å². The van der Waals surface area contributed by atoms with Crippen LogP contribution in [0.1, 0.15) is 46.5 Å². The third kappa shape index (κ3) is 1.86. The smallest absolute Gasteiger partial charge is 0.178 e. The number of carbonyl (C=O) groups excluding carboxylic acids is 2. The van der Waals surface area contributed by atoms with E-state index in [2.05, 4.69) is 20.8 Å². The first-order chi connectivity index (χ1) is 10.8. The van der Waals surface area contributed by atoms with Crippen molar-refractivity contribution in [3.8, 4) is 0 Å². The standard InChI is InChI=1S/C20H26O3/c1-11-8-13-14-4-5-17(23)20(14,3)10-16(22)18(13)19(2)7-6-12(21)9-15(11)19/h6-7,9,11,13-14,16,18,22H,4-5,8,10H2,1-3H3/t11-,13?,14?,16?,18?,19?,20?/m0/s1. The number of aliphatic hydroxyl groups is 1. The summed E-state index contributed by atoms with van der Waals surface area (Å²) in [5.74, 6) is 1.61. The summed E-state index contributed by atoms with van der Waals surface area (Å²) in [4.78, 5) is 24.3. The van der Waals surface area contributed by atoms with Crippen molar-refractivity contribution >= 4 is 11.6 Å². The SMILES string of the molecule is C[C@H]1CC2C(C(O)CC3(C)C(=O)CCC23)C2(C)C=CC(=O)C=C12. The van der Waals surface area contributed by atoms with Gasteiger partial charge in [-0.15, -0.1) is 0 Å². The molecule has 0 aromatic heterocycles. The summed E-state index contributed by atoms with van der Waals surface area (Å²) in [6.07, 6.45) is 8.21. The molecule has 23 heavy (non-hydrogen) atoms. The molecular weight excluding hydrogens is 288 g/mol. The van der Waals surface area contributed by atoms with Crippen molar-refractivity contribution in [3.63, 3.8) is 0 Å². The molecular formula is C20H26O3.